The number of carbonyl (C=O) groups excluding carboxylic acids is 2. The van der Waals surface area contributed by atoms with Gasteiger partial charge in [-0.3, -0.25) is 9.59 Å². The van der Waals surface area contributed by atoms with Gasteiger partial charge in [-0.25, -0.2) is 4.98 Å². The van der Waals surface area contributed by atoms with Crippen molar-refractivity contribution in [1.29, 1.82) is 0 Å². The molecular weight excluding hydrogens is 417 g/mol. The first-order chi connectivity index (χ1) is 12.2. The zero-order valence-corrected chi connectivity index (χ0v) is 14.9. The Morgan fingerprint density at radius 2 is 1.77 bits per heavy atom. The van der Waals surface area contributed by atoms with E-state index in [9.17, 15) is 22.8 Å². The van der Waals surface area contributed by atoms with Crippen molar-refractivity contribution in [2.45, 2.75) is 19.0 Å². The minimum atomic E-state index is -4.45. The first-order valence-corrected chi connectivity index (χ1v) is 8.26. The number of benzene rings is 1. The number of amides is 1. The molecule has 1 heterocycles. The number of carbonyl (C=O) groups is 2. The van der Waals surface area contributed by atoms with Crippen LogP contribution >= 0.6 is 15.9 Å². The summed E-state index contributed by atoms with van der Waals surface area (Å²) >= 11 is 3.27. The van der Waals surface area contributed by atoms with E-state index >= 15 is 0 Å². The van der Waals surface area contributed by atoms with Crippen LogP contribution in [0.5, 0.6) is 5.88 Å². The highest BCUT2D eigenvalue weighted by Crippen LogP contribution is 2.18. The van der Waals surface area contributed by atoms with Crippen LogP contribution < -0.4 is 10.1 Å². The minimum Gasteiger partial charge on any atom is -0.468 e. The Balaban J connectivity index is 1.80. The van der Waals surface area contributed by atoms with E-state index in [4.69, 9.17) is 0 Å². The highest BCUT2D eigenvalue weighted by molar-refractivity contribution is 9.10. The molecule has 0 aliphatic heterocycles. The third-order valence-electron chi connectivity index (χ3n) is 3.15. The third kappa shape index (κ3) is 6.83. The summed E-state index contributed by atoms with van der Waals surface area (Å²) in [4.78, 5) is 27.5. The first kappa shape index (κ1) is 19.9. The van der Waals surface area contributed by atoms with Crippen LogP contribution in [0, 0.1) is 0 Å². The maximum Gasteiger partial charge on any atom is 0.422 e. The maximum absolute atomic E-state index is 12.0. The molecule has 0 saturated heterocycles. The number of Topliss-reactive ketones (excluding diaryl/α,β-unsaturated/α-hetero) is 1. The van der Waals surface area contributed by atoms with E-state index < -0.39 is 18.7 Å². The highest BCUT2D eigenvalue weighted by Gasteiger charge is 2.28. The van der Waals surface area contributed by atoms with Crippen molar-refractivity contribution >= 4 is 33.3 Å². The Bertz CT molecular complexity index is 762. The lowest BCUT2D eigenvalue weighted by atomic mass is 10.1. The number of hydrogen-bond acceptors (Lipinski definition) is 4. The minimum absolute atomic E-state index is 0.0266. The predicted molar refractivity (Wildman–Crippen MR) is 92.1 cm³/mol. The molecule has 9 heteroatoms. The van der Waals surface area contributed by atoms with Crippen LogP contribution in [0.25, 0.3) is 0 Å². The summed E-state index contributed by atoms with van der Waals surface area (Å²) in [5.74, 6) is -0.770. The van der Waals surface area contributed by atoms with Crippen molar-refractivity contribution in [3.63, 3.8) is 0 Å². The van der Waals surface area contributed by atoms with Crippen LogP contribution in [0.15, 0.2) is 47.1 Å². The number of hydrogen-bond donors (Lipinski definition) is 1. The monoisotopic (exact) mass is 430 g/mol. The molecule has 0 aliphatic carbocycles. The van der Waals surface area contributed by atoms with Crippen LogP contribution in [0.3, 0.4) is 0 Å². The molecule has 2 rings (SSSR count). The zero-order chi connectivity index (χ0) is 19.2. The lowest BCUT2D eigenvalue weighted by Gasteiger charge is -2.09. The van der Waals surface area contributed by atoms with Crippen LogP contribution in [-0.4, -0.2) is 29.5 Å². The molecule has 138 valence electrons. The standard InChI is InChI=1S/C17H14BrF3N2O3/c18-12-3-1-11(2-4-12)14(24)6-7-15(25)23-13-5-8-16(22-9-13)26-10-17(19,20)21/h1-5,8-9H,6-7,10H2,(H,23,25). The molecule has 1 amide bonds. The summed E-state index contributed by atoms with van der Waals surface area (Å²) in [6.07, 6.45) is -3.26. The molecule has 26 heavy (non-hydrogen) atoms. The summed E-state index contributed by atoms with van der Waals surface area (Å²) in [6, 6.07) is 9.38. The number of pyridine rings is 1. The topological polar surface area (TPSA) is 68.3 Å². The summed E-state index contributed by atoms with van der Waals surface area (Å²) in [5, 5.41) is 2.52. The zero-order valence-electron chi connectivity index (χ0n) is 13.3. The Morgan fingerprint density at radius 1 is 1.08 bits per heavy atom. The van der Waals surface area contributed by atoms with Gasteiger partial charge in [0.25, 0.3) is 0 Å². The van der Waals surface area contributed by atoms with Crippen LogP contribution in [0.4, 0.5) is 18.9 Å². The number of rotatable bonds is 7. The number of ether oxygens (including phenoxy) is 1. The molecule has 0 atom stereocenters. The van der Waals surface area contributed by atoms with E-state index in [1.54, 1.807) is 24.3 Å². The summed E-state index contributed by atoms with van der Waals surface area (Å²) in [5.41, 5.74) is 0.805. The van der Waals surface area contributed by atoms with Crippen molar-refractivity contribution in [3.8, 4) is 5.88 Å². The molecule has 0 radical (unpaired) electrons. The number of nitrogens with one attached hydrogen (secondary N) is 1. The average Bonchev–Trinajstić information content (AvgIpc) is 2.59. The molecule has 5 nitrogen and oxygen atoms in total. The number of anilines is 1. The van der Waals surface area contributed by atoms with Crippen molar-refractivity contribution in [1.82, 2.24) is 4.98 Å². The molecule has 0 fully saturated rings. The molecule has 2 aromatic rings. The third-order valence-corrected chi connectivity index (χ3v) is 3.68. The Kier molecular flexibility index (Phi) is 6.73. The van der Waals surface area contributed by atoms with E-state index in [1.807, 2.05) is 0 Å². The summed E-state index contributed by atoms with van der Waals surface area (Å²) in [6.45, 7) is -1.44. The fraction of sp³-hybridized carbons (Fsp3) is 0.235. The van der Waals surface area contributed by atoms with Gasteiger partial charge in [-0.2, -0.15) is 13.2 Å². The smallest absolute Gasteiger partial charge is 0.422 e. The Morgan fingerprint density at radius 3 is 2.35 bits per heavy atom. The van der Waals surface area contributed by atoms with E-state index in [2.05, 4.69) is 31.0 Å². The molecule has 0 aliphatic rings. The molecule has 0 spiro atoms. The van der Waals surface area contributed by atoms with Crippen molar-refractivity contribution in [2.24, 2.45) is 0 Å². The Hall–Kier alpha value is -2.42. The molecule has 0 saturated carbocycles. The second kappa shape index (κ2) is 8.79. The molecule has 1 aromatic heterocycles. The SMILES string of the molecule is O=C(CCC(=O)c1ccc(Br)cc1)Nc1ccc(OCC(F)(F)F)nc1. The van der Waals surface area contributed by atoms with Gasteiger partial charge < -0.3 is 10.1 Å². The quantitative estimate of drug-likeness (QED) is 0.661. The largest absolute Gasteiger partial charge is 0.468 e. The lowest BCUT2D eigenvalue weighted by molar-refractivity contribution is -0.154. The van der Waals surface area contributed by atoms with Crippen LogP contribution in [-0.2, 0) is 4.79 Å². The van der Waals surface area contributed by atoms with Gasteiger partial charge in [0.2, 0.25) is 11.8 Å². The van der Waals surface area contributed by atoms with Gasteiger partial charge in [-0.05, 0) is 18.2 Å². The van der Waals surface area contributed by atoms with Crippen molar-refractivity contribution in [3.05, 3.63) is 52.6 Å². The first-order valence-electron chi connectivity index (χ1n) is 7.47. The Labute approximate surface area is 155 Å². The molecule has 0 bridgehead atoms. The van der Waals surface area contributed by atoms with E-state index in [0.29, 0.717) is 11.3 Å². The van der Waals surface area contributed by atoms with Crippen LogP contribution in [0.1, 0.15) is 23.2 Å². The van der Waals surface area contributed by atoms with Gasteiger partial charge >= 0.3 is 6.18 Å². The second-order valence-electron chi connectivity index (χ2n) is 5.27. The van der Waals surface area contributed by atoms with Gasteiger partial charge in [0.15, 0.2) is 12.4 Å². The molecule has 1 N–H and O–H groups in total. The number of halogens is 4. The fourth-order valence-electron chi connectivity index (χ4n) is 1.93. The van der Waals surface area contributed by atoms with Gasteiger partial charge in [-0.1, -0.05) is 28.1 Å². The predicted octanol–water partition coefficient (Wildman–Crippen LogP) is 4.39. The van der Waals surface area contributed by atoms with Crippen molar-refractivity contribution < 1.29 is 27.5 Å². The van der Waals surface area contributed by atoms with Gasteiger partial charge in [-0.15, -0.1) is 0 Å². The molecule has 0 unspecified atom stereocenters. The van der Waals surface area contributed by atoms with Crippen LogP contribution in [0.2, 0.25) is 0 Å². The van der Waals surface area contributed by atoms with Crippen molar-refractivity contribution in [2.75, 3.05) is 11.9 Å². The van der Waals surface area contributed by atoms with Gasteiger partial charge in [0.05, 0.1) is 11.9 Å². The van der Waals surface area contributed by atoms with Gasteiger partial charge in [0, 0.05) is 28.9 Å². The normalized spacial score (nSPS) is 11.1. The number of ketones is 1. The summed E-state index contributed by atoms with van der Waals surface area (Å²) in [7, 11) is 0. The maximum atomic E-state index is 12.0. The van der Waals surface area contributed by atoms with Gasteiger partial charge in [0.1, 0.15) is 0 Å². The van der Waals surface area contributed by atoms with E-state index in [1.165, 1.54) is 18.3 Å². The molecule has 1 aromatic carbocycles. The fourth-order valence-corrected chi connectivity index (χ4v) is 2.19. The second-order valence-corrected chi connectivity index (χ2v) is 6.18. The number of aromatic nitrogens is 1. The van der Waals surface area contributed by atoms with E-state index in [-0.39, 0.29) is 24.5 Å². The number of alkyl halides is 3. The lowest BCUT2D eigenvalue weighted by Crippen LogP contribution is -2.19. The highest BCUT2D eigenvalue weighted by atomic mass is 79.9. The molecular formula is C17H14BrF3N2O3. The van der Waals surface area contributed by atoms with E-state index in [0.717, 1.165) is 4.47 Å². The number of nitrogens with zero attached hydrogens (tertiary/aromatic N) is 1. The summed E-state index contributed by atoms with van der Waals surface area (Å²) < 4.78 is 41.5. The average molecular weight is 431 g/mol.